The fourth-order valence-corrected chi connectivity index (χ4v) is 4.85. The second-order valence-electron chi connectivity index (χ2n) is 6.73. The van der Waals surface area contributed by atoms with Gasteiger partial charge in [0.1, 0.15) is 12.4 Å². The highest BCUT2D eigenvalue weighted by molar-refractivity contribution is 7.17. The minimum Gasteiger partial charge on any atom is -0.488 e. The number of amides is 1. The summed E-state index contributed by atoms with van der Waals surface area (Å²) in [7, 11) is 0. The first-order valence-corrected chi connectivity index (χ1v) is 9.90. The van der Waals surface area contributed by atoms with E-state index < -0.39 is 0 Å². The van der Waals surface area contributed by atoms with E-state index in [0.29, 0.717) is 6.61 Å². The summed E-state index contributed by atoms with van der Waals surface area (Å²) in [6.07, 6.45) is 3.62. The number of thiophene rings is 1. The maximum Gasteiger partial charge on any atom is 0.264 e. The minimum atomic E-state index is 0.126. The largest absolute Gasteiger partial charge is 0.488 e. The maximum absolute atomic E-state index is 13.0. The van der Waals surface area contributed by atoms with Gasteiger partial charge in [0.05, 0.1) is 4.88 Å². The first-order chi connectivity index (χ1) is 13.3. The molecule has 4 heterocycles. The number of rotatable bonds is 2. The summed E-state index contributed by atoms with van der Waals surface area (Å²) in [4.78, 5) is 23.3. The molecule has 2 aliphatic heterocycles. The molecule has 5 rings (SSSR count). The quantitative estimate of drug-likeness (QED) is 0.684. The van der Waals surface area contributed by atoms with Gasteiger partial charge in [0.15, 0.2) is 0 Å². The number of pyridine rings is 1. The Balaban J connectivity index is 1.33. The van der Waals surface area contributed by atoms with Gasteiger partial charge < -0.3 is 14.5 Å². The highest BCUT2D eigenvalue weighted by atomic mass is 32.1. The molecular weight excluding hydrogens is 358 g/mol. The van der Waals surface area contributed by atoms with Crippen molar-refractivity contribution in [3.05, 3.63) is 65.3 Å². The monoisotopic (exact) mass is 377 g/mol. The number of anilines is 1. The van der Waals surface area contributed by atoms with Crippen molar-refractivity contribution in [3.8, 4) is 16.2 Å². The highest BCUT2D eigenvalue weighted by Gasteiger charge is 2.27. The molecule has 1 saturated heterocycles. The van der Waals surface area contributed by atoms with E-state index in [2.05, 4.69) is 16.0 Å². The predicted octanol–water partition coefficient (Wildman–Crippen LogP) is 3.66. The number of para-hydroxylation sites is 1. The number of piperazine rings is 1. The Morgan fingerprint density at radius 2 is 1.81 bits per heavy atom. The molecular formula is C21H19N3O2S. The highest BCUT2D eigenvalue weighted by Crippen LogP contribution is 2.42. The van der Waals surface area contributed by atoms with Crippen molar-refractivity contribution >= 4 is 22.9 Å². The smallest absolute Gasteiger partial charge is 0.264 e. The van der Waals surface area contributed by atoms with Gasteiger partial charge in [-0.1, -0.05) is 12.1 Å². The van der Waals surface area contributed by atoms with Crippen molar-refractivity contribution in [2.24, 2.45) is 0 Å². The van der Waals surface area contributed by atoms with Gasteiger partial charge in [-0.05, 0) is 30.3 Å². The van der Waals surface area contributed by atoms with Gasteiger partial charge in [-0.2, -0.15) is 0 Å². The molecule has 6 heteroatoms. The molecule has 0 unspecified atom stereocenters. The van der Waals surface area contributed by atoms with Crippen LogP contribution in [0.5, 0.6) is 5.75 Å². The normalized spacial score (nSPS) is 15.7. The third-order valence-corrected chi connectivity index (χ3v) is 6.33. The molecule has 0 saturated carbocycles. The van der Waals surface area contributed by atoms with Crippen molar-refractivity contribution in [2.75, 3.05) is 31.1 Å². The van der Waals surface area contributed by atoms with Crippen LogP contribution in [0.25, 0.3) is 10.4 Å². The Bertz CT molecular complexity index is 978. The zero-order chi connectivity index (χ0) is 18.2. The van der Waals surface area contributed by atoms with E-state index in [-0.39, 0.29) is 5.91 Å². The number of hydrogen-bond acceptors (Lipinski definition) is 5. The van der Waals surface area contributed by atoms with E-state index >= 15 is 0 Å². The fraction of sp³-hybridized carbons (Fsp3) is 0.238. The molecule has 0 aliphatic carbocycles. The predicted molar refractivity (Wildman–Crippen MR) is 106 cm³/mol. The molecule has 0 atom stereocenters. The van der Waals surface area contributed by atoms with E-state index in [4.69, 9.17) is 4.74 Å². The average Bonchev–Trinajstić information content (AvgIpc) is 3.19. The van der Waals surface area contributed by atoms with Crippen LogP contribution in [0.3, 0.4) is 0 Å². The van der Waals surface area contributed by atoms with Gasteiger partial charge in [-0.15, -0.1) is 11.3 Å². The molecule has 2 aliphatic rings. The van der Waals surface area contributed by atoms with Crippen molar-refractivity contribution in [2.45, 2.75) is 6.61 Å². The van der Waals surface area contributed by atoms with Crippen LogP contribution in [0.1, 0.15) is 15.2 Å². The Hall–Kier alpha value is -2.86. The van der Waals surface area contributed by atoms with E-state index in [0.717, 1.165) is 58.5 Å². The number of fused-ring (bicyclic) bond motifs is 3. The molecule has 1 amide bonds. The first-order valence-electron chi connectivity index (χ1n) is 9.09. The molecule has 2 aromatic heterocycles. The lowest BCUT2D eigenvalue weighted by atomic mass is 10.1. The third kappa shape index (κ3) is 2.96. The fourth-order valence-electron chi connectivity index (χ4n) is 3.68. The van der Waals surface area contributed by atoms with Gasteiger partial charge >= 0.3 is 0 Å². The zero-order valence-electron chi connectivity index (χ0n) is 14.8. The summed E-state index contributed by atoms with van der Waals surface area (Å²) >= 11 is 1.58. The number of ether oxygens (including phenoxy) is 1. The Morgan fingerprint density at radius 1 is 1.04 bits per heavy atom. The van der Waals surface area contributed by atoms with Crippen LogP contribution < -0.4 is 9.64 Å². The molecule has 0 bridgehead atoms. The van der Waals surface area contributed by atoms with Crippen LogP contribution in [0.15, 0.2) is 54.9 Å². The third-order valence-electron chi connectivity index (χ3n) is 5.13. The Labute approximate surface area is 161 Å². The number of carbonyl (C=O) groups is 1. The SMILES string of the molecule is O=C(c1cc2c(s1)-c1ccccc1OC2)N1CCN(c2ccncc2)CC1. The van der Waals surface area contributed by atoms with Crippen molar-refractivity contribution in [1.82, 2.24) is 9.88 Å². The summed E-state index contributed by atoms with van der Waals surface area (Å²) in [5.41, 5.74) is 3.36. The van der Waals surface area contributed by atoms with Crippen molar-refractivity contribution in [3.63, 3.8) is 0 Å². The molecule has 0 N–H and O–H groups in total. The molecule has 27 heavy (non-hydrogen) atoms. The Morgan fingerprint density at radius 3 is 2.63 bits per heavy atom. The number of hydrogen-bond donors (Lipinski definition) is 0. The van der Waals surface area contributed by atoms with Crippen LogP contribution >= 0.6 is 11.3 Å². The van der Waals surface area contributed by atoms with Crippen LogP contribution in [0.4, 0.5) is 5.69 Å². The molecule has 3 aromatic rings. The summed E-state index contributed by atoms with van der Waals surface area (Å²) in [6, 6.07) is 14.1. The van der Waals surface area contributed by atoms with Gasteiger partial charge in [0.25, 0.3) is 5.91 Å². The van der Waals surface area contributed by atoms with Crippen LogP contribution in [-0.2, 0) is 6.61 Å². The summed E-state index contributed by atoms with van der Waals surface area (Å²) in [6.45, 7) is 3.68. The molecule has 5 nitrogen and oxygen atoms in total. The summed E-state index contributed by atoms with van der Waals surface area (Å²) in [5, 5.41) is 0. The van der Waals surface area contributed by atoms with Gasteiger partial charge in [0.2, 0.25) is 0 Å². The van der Waals surface area contributed by atoms with E-state index in [1.165, 1.54) is 0 Å². The lowest BCUT2D eigenvalue weighted by Crippen LogP contribution is -2.48. The molecule has 0 spiro atoms. The zero-order valence-corrected chi connectivity index (χ0v) is 15.6. The summed E-state index contributed by atoms with van der Waals surface area (Å²) in [5.74, 6) is 1.03. The van der Waals surface area contributed by atoms with E-state index in [1.807, 2.05) is 53.7 Å². The molecule has 1 fully saturated rings. The van der Waals surface area contributed by atoms with Crippen LogP contribution in [0.2, 0.25) is 0 Å². The topological polar surface area (TPSA) is 45.7 Å². The van der Waals surface area contributed by atoms with Crippen molar-refractivity contribution < 1.29 is 9.53 Å². The number of benzene rings is 1. The lowest BCUT2D eigenvalue weighted by molar-refractivity contribution is 0.0751. The number of carbonyl (C=O) groups excluding carboxylic acids is 1. The molecule has 0 radical (unpaired) electrons. The van der Waals surface area contributed by atoms with E-state index in [1.54, 1.807) is 11.3 Å². The van der Waals surface area contributed by atoms with Gasteiger partial charge in [-0.25, -0.2) is 0 Å². The average molecular weight is 377 g/mol. The number of aromatic nitrogens is 1. The second kappa shape index (κ2) is 6.70. The van der Waals surface area contributed by atoms with Gasteiger partial charge in [0, 0.05) is 60.3 Å². The van der Waals surface area contributed by atoms with E-state index in [9.17, 15) is 4.79 Å². The summed E-state index contributed by atoms with van der Waals surface area (Å²) < 4.78 is 5.82. The van der Waals surface area contributed by atoms with Crippen LogP contribution in [0, 0.1) is 0 Å². The standard InChI is InChI=1S/C21H19N3O2S/c25-21(24-11-9-23(10-12-24)16-5-7-22-8-6-16)19-13-15-14-26-18-4-2-1-3-17(18)20(15)27-19/h1-8,13H,9-12,14H2. The first kappa shape index (κ1) is 16.3. The van der Waals surface area contributed by atoms with Gasteiger partial charge in [-0.3, -0.25) is 9.78 Å². The minimum absolute atomic E-state index is 0.126. The lowest BCUT2D eigenvalue weighted by Gasteiger charge is -2.35. The maximum atomic E-state index is 13.0. The van der Waals surface area contributed by atoms with Crippen molar-refractivity contribution in [1.29, 1.82) is 0 Å². The Kier molecular flexibility index (Phi) is 4.05. The van der Waals surface area contributed by atoms with Crippen LogP contribution in [-0.4, -0.2) is 42.0 Å². The number of nitrogens with zero attached hydrogens (tertiary/aromatic N) is 3. The molecule has 136 valence electrons. The molecule has 1 aromatic carbocycles. The second-order valence-corrected chi connectivity index (χ2v) is 7.79.